The molecule has 0 aromatic carbocycles. The summed E-state index contributed by atoms with van der Waals surface area (Å²) in [6.45, 7) is 4.49. The Morgan fingerprint density at radius 3 is 1.50 bits per heavy atom. The van der Waals surface area contributed by atoms with Crippen molar-refractivity contribution in [3.8, 4) is 0 Å². The van der Waals surface area contributed by atoms with Crippen LogP contribution >= 0.6 is 11.6 Å². The molecule has 0 amide bonds. The fourth-order valence-corrected chi connectivity index (χ4v) is 4.29. The van der Waals surface area contributed by atoms with Crippen LogP contribution in [0.2, 0.25) is 0 Å². The molecular formula is C24H50ClNO2. The third-order valence-corrected chi connectivity index (χ3v) is 6.16. The van der Waals surface area contributed by atoms with Gasteiger partial charge >= 0.3 is 5.97 Å². The van der Waals surface area contributed by atoms with E-state index in [0.717, 1.165) is 32.1 Å². The molecule has 0 saturated heterocycles. The zero-order valence-corrected chi connectivity index (χ0v) is 19.8. The number of rotatable bonds is 21. The first-order valence-electron chi connectivity index (χ1n) is 12.0. The summed E-state index contributed by atoms with van der Waals surface area (Å²) in [5.41, 5.74) is 0. The van der Waals surface area contributed by atoms with Crippen molar-refractivity contribution >= 4 is 17.6 Å². The van der Waals surface area contributed by atoms with Crippen molar-refractivity contribution in [2.45, 2.75) is 129 Å². The lowest BCUT2D eigenvalue weighted by Gasteiger charge is -2.24. The zero-order valence-electron chi connectivity index (χ0n) is 19.0. The van der Waals surface area contributed by atoms with E-state index in [1.54, 1.807) is 0 Å². The zero-order chi connectivity index (χ0) is 20.2. The molecule has 0 aromatic rings. The van der Waals surface area contributed by atoms with Crippen molar-refractivity contribution < 1.29 is 9.90 Å². The first-order chi connectivity index (χ1) is 13.2. The van der Waals surface area contributed by atoms with Crippen LogP contribution in [-0.4, -0.2) is 17.0 Å². The molecule has 4 heteroatoms. The van der Waals surface area contributed by atoms with Crippen LogP contribution in [0.4, 0.5) is 0 Å². The molecule has 0 aromatic heterocycles. The number of hydrogen-bond donors (Lipinski definition) is 2. The van der Waals surface area contributed by atoms with E-state index in [9.17, 15) is 9.90 Å². The molecule has 0 rings (SSSR count). The van der Waals surface area contributed by atoms with Gasteiger partial charge in [0.05, 0.1) is 5.92 Å². The lowest BCUT2D eigenvalue weighted by Crippen LogP contribution is -2.24. The second kappa shape index (κ2) is 23.0. The summed E-state index contributed by atoms with van der Waals surface area (Å²) in [4.78, 5) is 11.9. The van der Waals surface area contributed by atoms with Crippen molar-refractivity contribution in [1.82, 2.24) is 6.15 Å². The number of carbonyl (C=O) groups is 1. The van der Waals surface area contributed by atoms with Crippen LogP contribution in [0, 0.1) is 11.8 Å². The second-order valence-corrected chi connectivity index (χ2v) is 8.73. The van der Waals surface area contributed by atoms with Crippen LogP contribution in [0.25, 0.3) is 0 Å². The van der Waals surface area contributed by atoms with Crippen molar-refractivity contribution in [3.63, 3.8) is 0 Å². The van der Waals surface area contributed by atoms with Gasteiger partial charge in [-0.05, 0) is 31.6 Å². The van der Waals surface area contributed by atoms with Crippen molar-refractivity contribution in [2.75, 3.05) is 5.88 Å². The highest BCUT2D eigenvalue weighted by Gasteiger charge is 2.26. The van der Waals surface area contributed by atoms with E-state index >= 15 is 0 Å². The van der Waals surface area contributed by atoms with Crippen LogP contribution in [0.5, 0.6) is 0 Å². The minimum Gasteiger partial charge on any atom is -0.481 e. The van der Waals surface area contributed by atoms with Gasteiger partial charge in [-0.25, -0.2) is 0 Å². The first kappa shape index (κ1) is 29.9. The van der Waals surface area contributed by atoms with Gasteiger partial charge in [-0.1, -0.05) is 104 Å². The van der Waals surface area contributed by atoms with Gasteiger partial charge in [0.1, 0.15) is 0 Å². The van der Waals surface area contributed by atoms with Crippen molar-refractivity contribution in [1.29, 1.82) is 0 Å². The predicted octanol–water partition coefficient (Wildman–Crippen LogP) is 8.77. The Hall–Kier alpha value is -0.280. The molecule has 0 saturated carbocycles. The summed E-state index contributed by atoms with van der Waals surface area (Å²) in [6, 6.07) is 0. The summed E-state index contributed by atoms with van der Waals surface area (Å²) >= 11 is 5.90. The highest BCUT2D eigenvalue weighted by atomic mass is 35.5. The van der Waals surface area contributed by atoms with Gasteiger partial charge in [0.2, 0.25) is 0 Å². The number of aliphatic carboxylic acids is 1. The van der Waals surface area contributed by atoms with Gasteiger partial charge in [-0.2, -0.15) is 0 Å². The molecule has 2 unspecified atom stereocenters. The maximum atomic E-state index is 11.9. The minimum atomic E-state index is -0.580. The van der Waals surface area contributed by atoms with Crippen LogP contribution in [0.1, 0.15) is 129 Å². The van der Waals surface area contributed by atoms with E-state index in [2.05, 4.69) is 13.8 Å². The SMILES string of the molecule is CCCCCCCCCC(CCCCl)C(CCCCCCCCC)C(=O)O.N. The molecule has 0 heterocycles. The van der Waals surface area contributed by atoms with E-state index in [1.807, 2.05) is 0 Å². The quantitative estimate of drug-likeness (QED) is 0.144. The largest absolute Gasteiger partial charge is 0.481 e. The maximum absolute atomic E-state index is 11.9. The first-order valence-corrected chi connectivity index (χ1v) is 12.5. The Labute approximate surface area is 181 Å². The smallest absolute Gasteiger partial charge is 0.306 e. The molecule has 3 nitrogen and oxygen atoms in total. The average molecular weight is 420 g/mol. The second-order valence-electron chi connectivity index (χ2n) is 8.36. The predicted molar refractivity (Wildman–Crippen MR) is 125 cm³/mol. The van der Waals surface area contributed by atoms with Crippen LogP contribution in [0.3, 0.4) is 0 Å². The Balaban J connectivity index is 0. The Bertz CT molecular complexity index is 326. The molecule has 0 aliphatic carbocycles. The van der Waals surface area contributed by atoms with E-state index in [0.29, 0.717) is 11.8 Å². The van der Waals surface area contributed by atoms with Gasteiger partial charge in [-0.3, -0.25) is 4.79 Å². The van der Waals surface area contributed by atoms with Gasteiger partial charge in [-0.15, -0.1) is 11.6 Å². The molecule has 0 aliphatic rings. The summed E-state index contributed by atoms with van der Waals surface area (Å²) in [5, 5.41) is 9.78. The Morgan fingerprint density at radius 2 is 1.07 bits per heavy atom. The van der Waals surface area contributed by atoms with Crippen LogP contribution < -0.4 is 6.15 Å². The number of hydrogen-bond acceptors (Lipinski definition) is 2. The van der Waals surface area contributed by atoms with Gasteiger partial charge in [0.25, 0.3) is 0 Å². The molecule has 0 fully saturated rings. The fourth-order valence-electron chi connectivity index (χ4n) is 4.13. The normalized spacial score (nSPS) is 13.1. The van der Waals surface area contributed by atoms with Gasteiger partial charge in [0, 0.05) is 5.88 Å². The highest BCUT2D eigenvalue weighted by molar-refractivity contribution is 6.17. The monoisotopic (exact) mass is 419 g/mol. The van der Waals surface area contributed by atoms with E-state index in [1.165, 1.54) is 83.5 Å². The number of halogens is 1. The standard InChI is InChI=1S/C24H47ClO2.H3N/c1-3-5-7-9-11-13-15-18-22(19-17-21-25)23(24(26)27)20-16-14-12-10-8-6-4-2;/h22-23H,3-21H2,1-2H3,(H,26,27);1H3. The Morgan fingerprint density at radius 1 is 0.679 bits per heavy atom. The Kier molecular flexibility index (Phi) is 24.6. The van der Waals surface area contributed by atoms with E-state index < -0.39 is 5.97 Å². The van der Waals surface area contributed by atoms with E-state index in [-0.39, 0.29) is 12.1 Å². The number of alkyl halides is 1. The number of carboxylic acid groups (broad SMARTS) is 1. The van der Waals surface area contributed by atoms with Crippen LogP contribution in [0.15, 0.2) is 0 Å². The summed E-state index contributed by atoms with van der Waals surface area (Å²) < 4.78 is 0. The van der Waals surface area contributed by atoms with E-state index in [4.69, 9.17) is 11.6 Å². The molecule has 170 valence electrons. The lowest BCUT2D eigenvalue weighted by molar-refractivity contribution is -0.144. The van der Waals surface area contributed by atoms with Gasteiger partial charge < -0.3 is 11.3 Å². The van der Waals surface area contributed by atoms with Crippen LogP contribution in [-0.2, 0) is 4.79 Å². The molecule has 0 spiro atoms. The van der Waals surface area contributed by atoms with Crippen molar-refractivity contribution in [3.05, 3.63) is 0 Å². The minimum absolute atomic E-state index is 0. The molecule has 0 bridgehead atoms. The molecule has 28 heavy (non-hydrogen) atoms. The molecule has 0 radical (unpaired) electrons. The highest BCUT2D eigenvalue weighted by Crippen LogP contribution is 2.29. The summed E-state index contributed by atoms with van der Waals surface area (Å²) in [6.07, 6.45) is 21.7. The van der Waals surface area contributed by atoms with Gasteiger partial charge in [0.15, 0.2) is 0 Å². The third kappa shape index (κ3) is 17.8. The molecule has 2 atom stereocenters. The maximum Gasteiger partial charge on any atom is 0.306 e. The molecular weight excluding hydrogens is 370 g/mol. The summed E-state index contributed by atoms with van der Waals surface area (Å²) in [7, 11) is 0. The topological polar surface area (TPSA) is 72.3 Å². The summed E-state index contributed by atoms with van der Waals surface area (Å²) in [5.74, 6) is 0.224. The number of unbranched alkanes of at least 4 members (excludes halogenated alkanes) is 12. The third-order valence-electron chi connectivity index (χ3n) is 5.89. The number of carboxylic acids is 1. The average Bonchev–Trinajstić information content (AvgIpc) is 2.66. The lowest BCUT2D eigenvalue weighted by atomic mass is 9.81. The fraction of sp³-hybridized carbons (Fsp3) is 0.958. The molecule has 0 aliphatic heterocycles. The van der Waals surface area contributed by atoms with Crippen molar-refractivity contribution in [2.24, 2.45) is 11.8 Å². The molecule has 4 N–H and O–H groups in total.